The Labute approximate surface area is 127 Å². The quantitative estimate of drug-likeness (QED) is 0.721. The van der Waals surface area contributed by atoms with E-state index in [-0.39, 0.29) is 12.2 Å². The van der Waals surface area contributed by atoms with Crippen molar-refractivity contribution in [1.82, 2.24) is 5.32 Å². The zero-order valence-electron chi connectivity index (χ0n) is 12.9. The molecule has 2 heterocycles. The summed E-state index contributed by atoms with van der Waals surface area (Å²) in [5, 5.41) is 23.8. The first-order chi connectivity index (χ1) is 10.1. The summed E-state index contributed by atoms with van der Waals surface area (Å²) in [6.45, 7) is 2.15. The van der Waals surface area contributed by atoms with Gasteiger partial charge in [0.2, 0.25) is 0 Å². The molecular weight excluding hydrogens is 270 g/mol. The molecule has 2 unspecified atom stereocenters. The zero-order valence-corrected chi connectivity index (χ0v) is 12.9. The van der Waals surface area contributed by atoms with Crippen molar-refractivity contribution in [3.8, 4) is 0 Å². The van der Waals surface area contributed by atoms with Crippen molar-refractivity contribution in [3.63, 3.8) is 0 Å². The lowest BCUT2D eigenvalue weighted by molar-refractivity contribution is -0.105. The highest BCUT2D eigenvalue weighted by molar-refractivity contribution is 4.94. The number of hydrogen-bond donors (Lipinski definition) is 3. The summed E-state index contributed by atoms with van der Waals surface area (Å²) in [4.78, 5) is 0. The first-order valence-electron chi connectivity index (χ1n) is 8.48. The van der Waals surface area contributed by atoms with E-state index in [1.807, 2.05) is 0 Å². The van der Waals surface area contributed by atoms with Gasteiger partial charge < -0.3 is 25.0 Å². The third kappa shape index (κ3) is 3.59. The van der Waals surface area contributed by atoms with Crippen LogP contribution in [0.4, 0.5) is 0 Å². The van der Waals surface area contributed by atoms with Crippen molar-refractivity contribution >= 4 is 0 Å². The van der Waals surface area contributed by atoms with E-state index in [1.165, 1.54) is 19.3 Å². The molecule has 3 aliphatic rings. The minimum absolute atomic E-state index is 0.145. The van der Waals surface area contributed by atoms with Gasteiger partial charge in [0.1, 0.15) is 5.60 Å². The molecule has 3 rings (SSSR count). The molecule has 1 saturated carbocycles. The fourth-order valence-corrected chi connectivity index (χ4v) is 3.95. The van der Waals surface area contributed by atoms with Crippen LogP contribution < -0.4 is 5.32 Å². The second kappa shape index (κ2) is 6.50. The highest BCUT2D eigenvalue weighted by Gasteiger charge is 2.41. The van der Waals surface area contributed by atoms with Gasteiger partial charge in [-0.3, -0.25) is 0 Å². The van der Waals surface area contributed by atoms with Crippen LogP contribution in [0.15, 0.2) is 0 Å². The largest absolute Gasteiger partial charge is 0.389 e. The summed E-state index contributed by atoms with van der Waals surface area (Å²) in [6, 6.07) is 0.432. The molecule has 0 bridgehead atoms. The number of ether oxygens (including phenoxy) is 2. The van der Waals surface area contributed by atoms with Crippen molar-refractivity contribution in [2.24, 2.45) is 0 Å². The van der Waals surface area contributed by atoms with Crippen molar-refractivity contribution in [2.75, 3.05) is 26.4 Å². The normalized spacial score (nSPS) is 42.3. The predicted octanol–water partition coefficient (Wildman–Crippen LogP) is 0.970. The molecule has 2 aliphatic heterocycles. The Kier molecular flexibility index (Phi) is 4.86. The summed E-state index contributed by atoms with van der Waals surface area (Å²) in [5.74, 6) is 0. The van der Waals surface area contributed by atoms with Gasteiger partial charge in [-0.25, -0.2) is 0 Å². The van der Waals surface area contributed by atoms with E-state index in [2.05, 4.69) is 5.32 Å². The topological polar surface area (TPSA) is 71.0 Å². The fourth-order valence-electron chi connectivity index (χ4n) is 3.95. The summed E-state index contributed by atoms with van der Waals surface area (Å²) in [6.07, 6.45) is 7.92. The van der Waals surface area contributed by atoms with Crippen molar-refractivity contribution in [1.29, 1.82) is 0 Å². The maximum Gasteiger partial charge on any atom is 0.117 e. The highest BCUT2D eigenvalue weighted by Crippen LogP contribution is 2.38. The van der Waals surface area contributed by atoms with Gasteiger partial charge in [-0.05, 0) is 44.9 Å². The molecule has 3 fully saturated rings. The molecule has 3 N–H and O–H groups in total. The minimum Gasteiger partial charge on any atom is -0.389 e. The van der Waals surface area contributed by atoms with E-state index in [9.17, 15) is 10.2 Å². The van der Waals surface area contributed by atoms with Crippen LogP contribution in [0.1, 0.15) is 51.4 Å². The Morgan fingerprint density at radius 2 is 1.90 bits per heavy atom. The fraction of sp³-hybridized carbons (Fsp3) is 1.00. The van der Waals surface area contributed by atoms with Crippen LogP contribution in [0.3, 0.4) is 0 Å². The lowest BCUT2D eigenvalue weighted by atomic mass is 9.78. The van der Waals surface area contributed by atoms with E-state index < -0.39 is 11.7 Å². The SMILES string of the molecule is OC(CNC1CCC2(CCCCO2)CC1)C1(O)CCOC1. The van der Waals surface area contributed by atoms with Crippen molar-refractivity contribution in [3.05, 3.63) is 0 Å². The minimum atomic E-state index is -1.06. The number of nitrogens with one attached hydrogen (secondary N) is 1. The third-order valence-corrected chi connectivity index (χ3v) is 5.58. The summed E-state index contributed by atoms with van der Waals surface area (Å²) in [7, 11) is 0. The first-order valence-corrected chi connectivity index (χ1v) is 8.48. The van der Waals surface area contributed by atoms with Gasteiger partial charge in [0, 0.05) is 32.2 Å². The molecule has 1 aliphatic carbocycles. The van der Waals surface area contributed by atoms with Crippen LogP contribution in [0.2, 0.25) is 0 Å². The second-order valence-electron chi connectivity index (χ2n) is 7.09. The van der Waals surface area contributed by atoms with Crippen molar-refractivity contribution < 1.29 is 19.7 Å². The Balaban J connectivity index is 1.41. The van der Waals surface area contributed by atoms with Crippen LogP contribution in [-0.2, 0) is 9.47 Å². The lowest BCUT2D eigenvalue weighted by Crippen LogP contribution is -2.51. The third-order valence-electron chi connectivity index (χ3n) is 5.58. The summed E-state index contributed by atoms with van der Waals surface area (Å²) >= 11 is 0. The predicted molar refractivity (Wildman–Crippen MR) is 79.2 cm³/mol. The molecule has 0 amide bonds. The molecule has 0 radical (unpaired) electrons. The van der Waals surface area contributed by atoms with Crippen LogP contribution in [0, 0.1) is 0 Å². The zero-order chi connectivity index (χ0) is 14.8. The van der Waals surface area contributed by atoms with Crippen molar-refractivity contribution in [2.45, 2.75) is 74.7 Å². The Morgan fingerprint density at radius 3 is 2.52 bits per heavy atom. The average Bonchev–Trinajstić information content (AvgIpc) is 2.95. The molecule has 21 heavy (non-hydrogen) atoms. The maximum absolute atomic E-state index is 10.3. The average molecular weight is 299 g/mol. The first kappa shape index (κ1) is 15.7. The van der Waals surface area contributed by atoms with E-state index in [0.29, 0.717) is 25.6 Å². The maximum atomic E-state index is 10.3. The van der Waals surface area contributed by atoms with E-state index in [0.717, 1.165) is 32.3 Å². The number of rotatable bonds is 4. The van der Waals surface area contributed by atoms with Gasteiger partial charge >= 0.3 is 0 Å². The highest BCUT2D eigenvalue weighted by atomic mass is 16.5. The van der Waals surface area contributed by atoms with Gasteiger partial charge in [-0.15, -0.1) is 0 Å². The summed E-state index contributed by atoms with van der Waals surface area (Å²) in [5.41, 5.74) is -0.915. The standard InChI is InChI=1S/C16H29NO4/c18-14(16(19)8-10-20-12-16)11-17-13-3-6-15(7-4-13)5-1-2-9-21-15/h13-14,17-19H,1-12H2. The Bertz CT molecular complexity index is 327. The molecule has 2 atom stereocenters. The Morgan fingerprint density at radius 1 is 1.10 bits per heavy atom. The number of aliphatic hydroxyl groups is 2. The molecule has 0 aromatic rings. The molecule has 122 valence electrons. The van der Waals surface area contributed by atoms with Gasteiger partial charge in [0.25, 0.3) is 0 Å². The monoisotopic (exact) mass is 299 g/mol. The van der Waals surface area contributed by atoms with Crippen LogP contribution in [-0.4, -0.2) is 59.9 Å². The van der Waals surface area contributed by atoms with E-state index >= 15 is 0 Å². The van der Waals surface area contributed by atoms with Gasteiger partial charge in [-0.1, -0.05) is 0 Å². The van der Waals surface area contributed by atoms with Gasteiger partial charge in [0.15, 0.2) is 0 Å². The molecule has 1 spiro atoms. The molecule has 2 saturated heterocycles. The molecule has 5 heteroatoms. The lowest BCUT2D eigenvalue weighted by Gasteiger charge is -2.43. The molecular formula is C16H29NO4. The van der Waals surface area contributed by atoms with Crippen LogP contribution in [0.5, 0.6) is 0 Å². The molecule has 0 aromatic heterocycles. The molecule has 0 aromatic carbocycles. The van der Waals surface area contributed by atoms with E-state index in [1.54, 1.807) is 0 Å². The van der Waals surface area contributed by atoms with E-state index in [4.69, 9.17) is 9.47 Å². The number of hydrogen-bond acceptors (Lipinski definition) is 5. The van der Waals surface area contributed by atoms with Gasteiger partial charge in [0.05, 0.1) is 18.3 Å². The van der Waals surface area contributed by atoms with Crippen LogP contribution in [0.25, 0.3) is 0 Å². The Hall–Kier alpha value is -0.200. The number of aliphatic hydroxyl groups excluding tert-OH is 1. The summed E-state index contributed by atoms with van der Waals surface area (Å²) < 4.78 is 11.2. The van der Waals surface area contributed by atoms with Gasteiger partial charge in [-0.2, -0.15) is 0 Å². The smallest absolute Gasteiger partial charge is 0.117 e. The van der Waals surface area contributed by atoms with Crippen LogP contribution >= 0.6 is 0 Å². The molecule has 5 nitrogen and oxygen atoms in total. The second-order valence-corrected chi connectivity index (χ2v) is 7.09.